The third kappa shape index (κ3) is 9.52. The average molecular weight is 202 g/mol. The Morgan fingerprint density at radius 1 is 1.00 bits per heavy atom. The van der Waals surface area contributed by atoms with Crippen LogP contribution in [-0.2, 0) is 14.3 Å². The highest BCUT2D eigenvalue weighted by molar-refractivity contribution is 5.70. The van der Waals surface area contributed by atoms with Crippen LogP contribution < -0.4 is 0 Å². The van der Waals surface area contributed by atoms with Crippen molar-refractivity contribution in [1.82, 2.24) is 0 Å². The average Bonchev–Trinajstić information content (AvgIpc) is 2.18. The van der Waals surface area contributed by atoms with Crippen molar-refractivity contribution in [3.63, 3.8) is 0 Å². The topological polar surface area (TPSA) is 35.5 Å². The Kier molecular flexibility index (Phi) is 10.1. The maximum Gasteiger partial charge on any atom is 0.332 e. The molecule has 0 radical (unpaired) electrons. The standard InChI is InChI=1S/C11H22O3/c1-3-5-7-8-13-10-11(12)14-9-6-4-2/h3-10H2,1-2H3. The molecule has 0 spiro atoms. The number of rotatable bonds is 9. The largest absolute Gasteiger partial charge is 0.464 e. The van der Waals surface area contributed by atoms with Gasteiger partial charge in [0, 0.05) is 6.61 Å². The van der Waals surface area contributed by atoms with Gasteiger partial charge in [-0.3, -0.25) is 0 Å². The summed E-state index contributed by atoms with van der Waals surface area (Å²) in [7, 11) is 0. The maximum atomic E-state index is 11.0. The number of esters is 1. The lowest BCUT2D eigenvalue weighted by atomic mass is 10.3. The van der Waals surface area contributed by atoms with Crippen LogP contribution in [0.2, 0.25) is 0 Å². The van der Waals surface area contributed by atoms with Crippen LogP contribution in [0.3, 0.4) is 0 Å². The molecular formula is C11H22O3. The Bertz CT molecular complexity index is 134. The minimum Gasteiger partial charge on any atom is -0.464 e. The van der Waals surface area contributed by atoms with Crippen LogP contribution in [-0.4, -0.2) is 25.8 Å². The molecule has 0 aromatic rings. The van der Waals surface area contributed by atoms with E-state index >= 15 is 0 Å². The summed E-state index contributed by atoms with van der Waals surface area (Å²) < 4.78 is 10.1. The molecule has 0 bridgehead atoms. The summed E-state index contributed by atoms with van der Waals surface area (Å²) in [5.74, 6) is -0.241. The van der Waals surface area contributed by atoms with Crippen LogP contribution in [0.25, 0.3) is 0 Å². The van der Waals surface area contributed by atoms with Gasteiger partial charge in [-0.2, -0.15) is 0 Å². The van der Waals surface area contributed by atoms with Crippen molar-refractivity contribution in [1.29, 1.82) is 0 Å². The Morgan fingerprint density at radius 3 is 2.36 bits per heavy atom. The molecular weight excluding hydrogens is 180 g/mol. The van der Waals surface area contributed by atoms with Crippen molar-refractivity contribution < 1.29 is 14.3 Å². The molecule has 14 heavy (non-hydrogen) atoms. The van der Waals surface area contributed by atoms with Crippen LogP contribution in [0, 0.1) is 0 Å². The molecule has 0 rings (SSSR count). The van der Waals surface area contributed by atoms with Crippen molar-refractivity contribution in [2.45, 2.75) is 46.0 Å². The Labute approximate surface area is 86.8 Å². The molecule has 0 unspecified atom stereocenters. The highest BCUT2D eigenvalue weighted by Crippen LogP contribution is 1.95. The quantitative estimate of drug-likeness (QED) is 0.426. The number of hydrogen-bond donors (Lipinski definition) is 0. The number of ether oxygens (including phenoxy) is 2. The first kappa shape index (κ1) is 13.4. The predicted octanol–water partition coefficient (Wildman–Crippen LogP) is 2.54. The highest BCUT2D eigenvalue weighted by atomic mass is 16.6. The second-order valence-electron chi connectivity index (χ2n) is 3.33. The summed E-state index contributed by atoms with van der Waals surface area (Å²) in [5, 5.41) is 0. The molecule has 0 aromatic heterocycles. The SMILES string of the molecule is CCCCCOCC(=O)OCCCC. The van der Waals surface area contributed by atoms with Crippen molar-refractivity contribution in [2.24, 2.45) is 0 Å². The van der Waals surface area contributed by atoms with Gasteiger partial charge in [0.15, 0.2) is 0 Å². The highest BCUT2D eigenvalue weighted by Gasteiger charge is 2.01. The molecule has 0 amide bonds. The zero-order chi connectivity index (χ0) is 10.6. The fourth-order valence-corrected chi connectivity index (χ4v) is 0.982. The minimum absolute atomic E-state index is 0.105. The predicted molar refractivity (Wildman–Crippen MR) is 56.2 cm³/mol. The van der Waals surface area contributed by atoms with Crippen LogP contribution in [0.5, 0.6) is 0 Å². The second-order valence-corrected chi connectivity index (χ2v) is 3.33. The first-order chi connectivity index (χ1) is 6.81. The summed E-state index contributed by atoms with van der Waals surface area (Å²) in [5.41, 5.74) is 0. The van der Waals surface area contributed by atoms with Crippen LogP contribution >= 0.6 is 0 Å². The summed E-state index contributed by atoms with van der Waals surface area (Å²) >= 11 is 0. The van der Waals surface area contributed by atoms with Gasteiger partial charge in [-0.05, 0) is 12.8 Å². The zero-order valence-corrected chi connectivity index (χ0v) is 9.38. The van der Waals surface area contributed by atoms with E-state index in [-0.39, 0.29) is 12.6 Å². The molecule has 0 aliphatic carbocycles. The lowest BCUT2D eigenvalue weighted by Crippen LogP contribution is -2.13. The van der Waals surface area contributed by atoms with Gasteiger partial charge in [0.1, 0.15) is 6.61 Å². The molecule has 0 heterocycles. The first-order valence-corrected chi connectivity index (χ1v) is 5.54. The third-order valence-corrected chi connectivity index (χ3v) is 1.87. The Hall–Kier alpha value is -0.570. The van der Waals surface area contributed by atoms with Crippen molar-refractivity contribution >= 4 is 5.97 Å². The summed E-state index contributed by atoms with van der Waals surface area (Å²) in [6.07, 6.45) is 5.33. The minimum atomic E-state index is -0.241. The second kappa shape index (κ2) is 10.5. The molecule has 0 saturated heterocycles. The van der Waals surface area contributed by atoms with Gasteiger partial charge < -0.3 is 9.47 Å². The molecule has 3 nitrogen and oxygen atoms in total. The fourth-order valence-electron chi connectivity index (χ4n) is 0.982. The fraction of sp³-hybridized carbons (Fsp3) is 0.909. The van der Waals surface area contributed by atoms with Crippen molar-refractivity contribution in [2.75, 3.05) is 19.8 Å². The van der Waals surface area contributed by atoms with E-state index in [2.05, 4.69) is 13.8 Å². The van der Waals surface area contributed by atoms with E-state index in [1.165, 1.54) is 6.42 Å². The number of unbranched alkanes of at least 4 members (excludes halogenated alkanes) is 3. The van der Waals surface area contributed by atoms with Crippen LogP contribution in [0.15, 0.2) is 0 Å². The Balaban J connectivity index is 3.10. The lowest BCUT2D eigenvalue weighted by molar-refractivity contribution is -0.149. The molecule has 0 fully saturated rings. The molecule has 0 N–H and O–H groups in total. The van der Waals surface area contributed by atoms with E-state index in [0.29, 0.717) is 13.2 Å². The molecule has 0 aliphatic rings. The van der Waals surface area contributed by atoms with Gasteiger partial charge >= 0.3 is 5.97 Å². The van der Waals surface area contributed by atoms with Gasteiger partial charge in [0.05, 0.1) is 6.61 Å². The van der Waals surface area contributed by atoms with Gasteiger partial charge in [-0.25, -0.2) is 4.79 Å². The van der Waals surface area contributed by atoms with E-state index in [1.807, 2.05) is 0 Å². The van der Waals surface area contributed by atoms with Crippen molar-refractivity contribution in [3.05, 3.63) is 0 Å². The van der Waals surface area contributed by atoms with E-state index in [0.717, 1.165) is 25.7 Å². The van der Waals surface area contributed by atoms with Gasteiger partial charge in [0.2, 0.25) is 0 Å². The number of carbonyl (C=O) groups excluding carboxylic acids is 1. The third-order valence-electron chi connectivity index (χ3n) is 1.87. The molecule has 0 atom stereocenters. The Morgan fingerprint density at radius 2 is 1.71 bits per heavy atom. The van der Waals surface area contributed by atoms with E-state index in [1.54, 1.807) is 0 Å². The van der Waals surface area contributed by atoms with Crippen molar-refractivity contribution in [3.8, 4) is 0 Å². The van der Waals surface area contributed by atoms with Crippen LogP contribution in [0.1, 0.15) is 46.0 Å². The summed E-state index contributed by atoms with van der Waals surface area (Å²) in [6, 6.07) is 0. The van der Waals surface area contributed by atoms with E-state index in [4.69, 9.17) is 9.47 Å². The maximum absolute atomic E-state index is 11.0. The number of hydrogen-bond acceptors (Lipinski definition) is 3. The van der Waals surface area contributed by atoms with E-state index in [9.17, 15) is 4.79 Å². The molecule has 0 saturated carbocycles. The molecule has 0 aliphatic heterocycles. The molecule has 3 heteroatoms. The number of carbonyl (C=O) groups is 1. The smallest absolute Gasteiger partial charge is 0.332 e. The van der Waals surface area contributed by atoms with Gasteiger partial charge in [-0.1, -0.05) is 33.1 Å². The van der Waals surface area contributed by atoms with E-state index < -0.39 is 0 Å². The summed E-state index contributed by atoms with van der Waals surface area (Å²) in [6.45, 7) is 5.49. The lowest BCUT2D eigenvalue weighted by Gasteiger charge is -2.04. The van der Waals surface area contributed by atoms with Crippen LogP contribution in [0.4, 0.5) is 0 Å². The summed E-state index contributed by atoms with van der Waals surface area (Å²) in [4.78, 5) is 11.0. The van der Waals surface area contributed by atoms with Gasteiger partial charge in [0.25, 0.3) is 0 Å². The normalized spacial score (nSPS) is 10.1. The van der Waals surface area contributed by atoms with Gasteiger partial charge in [-0.15, -0.1) is 0 Å². The molecule has 0 aromatic carbocycles. The first-order valence-electron chi connectivity index (χ1n) is 5.54. The molecule has 84 valence electrons. The monoisotopic (exact) mass is 202 g/mol. The zero-order valence-electron chi connectivity index (χ0n) is 9.38.